The van der Waals surface area contributed by atoms with E-state index in [1.807, 2.05) is 105 Å². The zero-order chi connectivity index (χ0) is 56.4. The normalized spacial score (nSPS) is 10.4. The number of rotatable bonds is 0. The van der Waals surface area contributed by atoms with Gasteiger partial charge >= 0.3 is 0 Å². The summed E-state index contributed by atoms with van der Waals surface area (Å²) in [6, 6.07) is 37.9. The molecule has 0 amide bonds. The second-order valence-corrected chi connectivity index (χ2v) is 19.4. The van der Waals surface area contributed by atoms with E-state index < -0.39 is 0 Å². The van der Waals surface area contributed by atoms with E-state index in [4.69, 9.17) is 0 Å². The van der Waals surface area contributed by atoms with Crippen LogP contribution in [0.25, 0.3) is 131 Å². The molecule has 6 radical (unpaired) electrons. The average Bonchev–Trinajstić information content (AvgIpc) is 2.33. The summed E-state index contributed by atoms with van der Waals surface area (Å²) >= 11 is 0. The van der Waals surface area contributed by atoms with Crippen LogP contribution in [0, 0.1) is 34.6 Å². The third kappa shape index (κ3) is 13.9. The molecule has 0 bridgehead atoms. The zero-order valence-corrected chi connectivity index (χ0v) is 61.6. The van der Waals surface area contributed by atoms with Gasteiger partial charge in [-0.05, 0) is 166 Å². The number of pyridine rings is 6. The number of benzene rings is 6. The van der Waals surface area contributed by atoms with Gasteiger partial charge in [-0.15, -0.1) is 0 Å². The Kier molecular flexibility index (Phi) is 23.8. The molecule has 0 spiro atoms. The molecule has 89 heavy (non-hydrogen) atoms. The molecule has 0 fully saturated rings. The largest absolute Gasteiger partial charge is 0.573 e. The van der Waals surface area contributed by atoms with Crippen molar-refractivity contribution in [2.75, 3.05) is 0 Å². The standard InChI is InChI=1S/C12H10N3.2C11H8N3.C10H7N4.C10H6N3.C9H5N4.6Ir/c1-7-8(2)10-12(15-6-14-10)11-9(7)4-3-5-13-11;1-7-5-9-11(14-6-13-9)10-8(7)3-2-4-12-10;1-7-5-8-3-2-4-12-10(8)11-9(7)13-6-14-11;1-6-5-7-3-2-4-11-9(7)10-8(6)12-14-13-10;1-2-7-3-4-8-6-12-13-10(8)9(7)11-5-1;1-2-6-3-4-7-9(12-13-11-7)8(6)10-5-1;;;;;;/h3-6H,1-2H3;2*2-6H,1H3;2-5H,1H3;1-6H;1-5H;;;;;;/q6*-1;;;;;;. The third-order valence-electron chi connectivity index (χ3n) is 14.3. The van der Waals surface area contributed by atoms with E-state index in [0.29, 0.717) is 0 Å². The summed E-state index contributed by atoms with van der Waals surface area (Å²) in [5.41, 5.74) is 21.0. The SMILES string of the molecule is Cc1c(C)c2nc[n-]c2c2ncccc12.Cc1cc2cccnc2c2[n-]cnc12.Cc1cc2cccnc2c2[n-]nnc12.Cc1cc2nc[n-]c2c2ncccc12.[Ir].[Ir].[Ir].[Ir].[Ir].[Ir].c1cnc2c(c1)ccc1cn[n-]c12.c1cnc2c(c1)ccc1nn[n-]c12. The van der Waals surface area contributed by atoms with E-state index in [0.717, 1.165) is 137 Å². The summed E-state index contributed by atoms with van der Waals surface area (Å²) in [5.74, 6) is 0. The maximum atomic E-state index is 4.38. The second kappa shape index (κ2) is 30.7. The van der Waals surface area contributed by atoms with Gasteiger partial charge in [0.25, 0.3) is 0 Å². The van der Waals surface area contributed by atoms with Crippen molar-refractivity contribution in [2.24, 2.45) is 0 Å². The molecule has 0 aliphatic rings. The molecule has 20 nitrogen and oxygen atoms in total. The predicted octanol–water partition coefficient (Wildman–Crippen LogP) is 10.8. The Morgan fingerprint density at radius 3 is 1.40 bits per heavy atom. The maximum absolute atomic E-state index is 4.38. The van der Waals surface area contributed by atoms with Gasteiger partial charge in [0.1, 0.15) is 0 Å². The van der Waals surface area contributed by atoms with Crippen LogP contribution in [0.2, 0.25) is 0 Å². The number of hydrogen-bond donors (Lipinski definition) is 0. The van der Waals surface area contributed by atoms with E-state index >= 15 is 0 Å². The molecule has 0 aliphatic heterocycles. The number of hydrogen-bond acceptors (Lipinski definition) is 14. The van der Waals surface area contributed by atoms with Gasteiger partial charge in [0.2, 0.25) is 0 Å². The van der Waals surface area contributed by atoms with Crippen LogP contribution in [-0.2, 0) is 121 Å². The van der Waals surface area contributed by atoms with Gasteiger partial charge < -0.3 is 60.5 Å². The molecule has 456 valence electrons. The summed E-state index contributed by atoms with van der Waals surface area (Å²) in [4.78, 5) is 51.2. The van der Waals surface area contributed by atoms with Crippen LogP contribution in [-0.4, -0.2) is 70.6 Å². The Bertz CT molecular complexity index is 5150. The topological polar surface area (TPSA) is 265 Å². The fourth-order valence-corrected chi connectivity index (χ4v) is 10.1. The van der Waals surface area contributed by atoms with Crippen LogP contribution < -0.4 is 30.2 Å². The van der Waals surface area contributed by atoms with Crippen molar-refractivity contribution in [3.8, 4) is 0 Å². The molecule has 0 aliphatic carbocycles. The van der Waals surface area contributed by atoms with Crippen LogP contribution >= 0.6 is 0 Å². The molecule has 0 N–H and O–H groups in total. The number of aryl methyl sites for hydroxylation is 5. The van der Waals surface area contributed by atoms with Gasteiger partial charge in [-0.3, -0.25) is 40.3 Å². The van der Waals surface area contributed by atoms with Crippen molar-refractivity contribution in [1.82, 2.24) is 101 Å². The third-order valence-corrected chi connectivity index (χ3v) is 14.3. The van der Waals surface area contributed by atoms with E-state index in [1.165, 1.54) is 22.1 Å². The first-order chi connectivity index (χ1) is 40.8. The van der Waals surface area contributed by atoms with Gasteiger partial charge in [0.05, 0.1) is 33.1 Å². The Hall–Kier alpha value is -7.64. The van der Waals surface area contributed by atoms with Crippen LogP contribution in [0.15, 0.2) is 178 Å². The van der Waals surface area contributed by atoms with Gasteiger partial charge in [-0.2, -0.15) is 0 Å². The molecule has 12 aromatic heterocycles. The van der Waals surface area contributed by atoms with Crippen molar-refractivity contribution in [3.63, 3.8) is 0 Å². The van der Waals surface area contributed by atoms with Crippen LogP contribution in [0.3, 0.4) is 0 Å². The molecular formula is C63H44Ir6N20-6. The molecule has 12 heterocycles. The van der Waals surface area contributed by atoms with Crippen LogP contribution in [0.5, 0.6) is 0 Å². The Balaban J connectivity index is 0.000000150. The van der Waals surface area contributed by atoms with Gasteiger partial charge in [0, 0.05) is 202 Å². The molecule has 0 atom stereocenters. The number of imidazole rings is 3. The summed E-state index contributed by atoms with van der Waals surface area (Å²) in [6.07, 6.45) is 17.2. The first kappa shape index (κ1) is 68.8. The van der Waals surface area contributed by atoms with Crippen LogP contribution in [0.1, 0.15) is 27.8 Å². The zero-order valence-electron chi connectivity index (χ0n) is 47.2. The van der Waals surface area contributed by atoms with Crippen LogP contribution in [0.4, 0.5) is 0 Å². The van der Waals surface area contributed by atoms with Crippen molar-refractivity contribution in [2.45, 2.75) is 34.6 Å². The van der Waals surface area contributed by atoms with E-state index in [9.17, 15) is 0 Å². The molecular weight excluding hydrogens is 2190 g/mol. The summed E-state index contributed by atoms with van der Waals surface area (Å²) in [6.45, 7) is 10.3. The average molecular weight is 2230 g/mol. The molecule has 26 heteroatoms. The quantitative estimate of drug-likeness (QED) is 0.137. The molecule has 18 rings (SSSR count). The summed E-state index contributed by atoms with van der Waals surface area (Å²) in [5, 5.41) is 38.7. The van der Waals surface area contributed by atoms with E-state index in [1.54, 1.807) is 62.4 Å². The fourth-order valence-electron chi connectivity index (χ4n) is 10.1. The minimum absolute atomic E-state index is 0. The molecule has 0 unspecified atom stereocenters. The van der Waals surface area contributed by atoms with Crippen molar-refractivity contribution < 1.29 is 121 Å². The number of nitrogens with zero attached hydrogens (tertiary/aromatic N) is 20. The number of fused-ring (bicyclic) bond motifs is 18. The van der Waals surface area contributed by atoms with E-state index in [-0.39, 0.29) is 121 Å². The Labute approximate surface area is 587 Å². The predicted molar refractivity (Wildman–Crippen MR) is 321 cm³/mol. The molecule has 6 aromatic carbocycles. The smallest absolute Gasteiger partial charge is 0.0749 e. The molecule has 18 aromatic rings. The van der Waals surface area contributed by atoms with Crippen molar-refractivity contribution in [3.05, 3.63) is 205 Å². The Morgan fingerprint density at radius 1 is 0.292 bits per heavy atom. The second-order valence-electron chi connectivity index (χ2n) is 19.4. The first-order valence-electron chi connectivity index (χ1n) is 26.2. The first-order valence-corrected chi connectivity index (χ1v) is 26.2. The van der Waals surface area contributed by atoms with Crippen molar-refractivity contribution >= 4 is 131 Å². The van der Waals surface area contributed by atoms with E-state index in [2.05, 4.69) is 146 Å². The van der Waals surface area contributed by atoms with Gasteiger partial charge in [0.15, 0.2) is 0 Å². The fraction of sp³-hybridized carbons (Fsp3) is 0.0794. The van der Waals surface area contributed by atoms with Gasteiger partial charge in [-0.25, -0.2) is 0 Å². The summed E-state index contributed by atoms with van der Waals surface area (Å²) in [7, 11) is 0. The minimum atomic E-state index is 0. The van der Waals surface area contributed by atoms with Crippen molar-refractivity contribution in [1.29, 1.82) is 0 Å². The minimum Gasteiger partial charge on any atom is -0.573 e. The Morgan fingerprint density at radius 2 is 0.753 bits per heavy atom. The molecule has 0 saturated carbocycles. The maximum Gasteiger partial charge on any atom is 0.0749 e. The molecule has 0 saturated heterocycles. The monoisotopic (exact) mass is 2240 g/mol. The number of aromatic nitrogens is 20. The van der Waals surface area contributed by atoms with Gasteiger partial charge in [-0.1, -0.05) is 91.2 Å². The summed E-state index contributed by atoms with van der Waals surface area (Å²) < 4.78 is 0.